The molecule has 3 rings (SSSR count). The van der Waals surface area contributed by atoms with E-state index in [4.69, 9.17) is 23.2 Å². The number of carbonyl (C=O) groups is 2. The molecule has 162 valence electrons. The minimum Gasteiger partial charge on any atom is -0.342 e. The zero-order valence-electron chi connectivity index (χ0n) is 17.1. The second-order valence-corrected chi connectivity index (χ2v) is 8.71. The summed E-state index contributed by atoms with van der Waals surface area (Å²) in [4.78, 5) is 24.7. The Morgan fingerprint density at radius 3 is 2.48 bits per heavy atom. The van der Waals surface area contributed by atoms with Crippen molar-refractivity contribution in [3.05, 3.63) is 69.5 Å². The molecule has 0 radical (unpaired) electrons. The van der Waals surface area contributed by atoms with Crippen molar-refractivity contribution in [2.75, 3.05) is 11.1 Å². The summed E-state index contributed by atoms with van der Waals surface area (Å²) in [6, 6.07) is 11.6. The lowest BCUT2D eigenvalue weighted by molar-refractivity contribution is -0.113. The first kappa shape index (κ1) is 23.1. The average molecular weight is 478 g/mol. The van der Waals surface area contributed by atoms with Crippen molar-refractivity contribution in [1.29, 1.82) is 0 Å². The van der Waals surface area contributed by atoms with Gasteiger partial charge in [-0.3, -0.25) is 9.59 Å². The molecule has 1 atom stereocenters. The summed E-state index contributed by atoms with van der Waals surface area (Å²) in [5.74, 6) is 0.321. The molecular weight excluding hydrogens is 457 g/mol. The highest BCUT2D eigenvalue weighted by Gasteiger charge is 2.19. The molecule has 0 fully saturated rings. The van der Waals surface area contributed by atoms with E-state index in [0.717, 1.165) is 5.56 Å². The van der Waals surface area contributed by atoms with Crippen LogP contribution in [0.25, 0.3) is 0 Å². The minimum atomic E-state index is -0.377. The van der Waals surface area contributed by atoms with Crippen molar-refractivity contribution < 1.29 is 9.59 Å². The van der Waals surface area contributed by atoms with Crippen LogP contribution in [0.1, 0.15) is 34.7 Å². The van der Waals surface area contributed by atoms with Crippen molar-refractivity contribution >= 4 is 52.5 Å². The molecular formula is C21H21Cl2N5O2S. The first-order valence-electron chi connectivity index (χ1n) is 9.39. The molecule has 0 saturated carbocycles. The molecule has 2 aromatic carbocycles. The van der Waals surface area contributed by atoms with Crippen LogP contribution in [-0.2, 0) is 11.8 Å². The van der Waals surface area contributed by atoms with Crippen LogP contribution in [0.3, 0.4) is 0 Å². The Balaban J connectivity index is 1.59. The molecule has 10 heteroatoms. The van der Waals surface area contributed by atoms with Gasteiger partial charge in [-0.2, -0.15) is 0 Å². The molecule has 0 saturated heterocycles. The van der Waals surface area contributed by atoms with E-state index in [-0.39, 0.29) is 23.6 Å². The molecule has 0 bridgehead atoms. The number of anilines is 1. The molecule has 1 heterocycles. The van der Waals surface area contributed by atoms with Crippen molar-refractivity contribution in [2.24, 2.45) is 7.05 Å². The van der Waals surface area contributed by atoms with Gasteiger partial charge in [-0.15, -0.1) is 10.2 Å². The number of aromatic nitrogens is 3. The molecule has 3 aromatic rings. The van der Waals surface area contributed by atoms with E-state index in [1.165, 1.54) is 11.8 Å². The molecule has 0 aliphatic carbocycles. The van der Waals surface area contributed by atoms with E-state index in [9.17, 15) is 9.59 Å². The number of rotatable bonds is 7. The number of thioether (sulfide) groups is 1. The van der Waals surface area contributed by atoms with Crippen LogP contribution in [0, 0.1) is 6.92 Å². The van der Waals surface area contributed by atoms with Gasteiger partial charge in [0.2, 0.25) is 5.91 Å². The lowest BCUT2D eigenvalue weighted by atomic mass is 10.2. The molecule has 1 aromatic heterocycles. The number of benzene rings is 2. The van der Waals surface area contributed by atoms with Crippen molar-refractivity contribution in [3.8, 4) is 0 Å². The minimum absolute atomic E-state index is 0.156. The second kappa shape index (κ2) is 10.2. The van der Waals surface area contributed by atoms with Gasteiger partial charge < -0.3 is 15.2 Å². The summed E-state index contributed by atoms with van der Waals surface area (Å²) in [5, 5.41) is 15.7. The fourth-order valence-electron chi connectivity index (χ4n) is 2.82. The van der Waals surface area contributed by atoms with Crippen LogP contribution in [0.5, 0.6) is 0 Å². The van der Waals surface area contributed by atoms with Gasteiger partial charge in [0, 0.05) is 28.3 Å². The first-order chi connectivity index (χ1) is 14.7. The topological polar surface area (TPSA) is 88.9 Å². The lowest BCUT2D eigenvalue weighted by Gasteiger charge is -2.13. The van der Waals surface area contributed by atoms with E-state index >= 15 is 0 Å². The molecule has 0 spiro atoms. The predicted molar refractivity (Wildman–Crippen MR) is 124 cm³/mol. The summed E-state index contributed by atoms with van der Waals surface area (Å²) >= 11 is 13.1. The summed E-state index contributed by atoms with van der Waals surface area (Å²) in [6.07, 6.45) is 0. The van der Waals surface area contributed by atoms with Crippen LogP contribution in [0.15, 0.2) is 47.6 Å². The Bertz CT molecular complexity index is 1100. The normalized spacial score (nSPS) is 11.8. The van der Waals surface area contributed by atoms with Crippen molar-refractivity contribution in [1.82, 2.24) is 20.1 Å². The van der Waals surface area contributed by atoms with Crippen molar-refractivity contribution in [2.45, 2.75) is 25.0 Å². The van der Waals surface area contributed by atoms with E-state index in [1.54, 1.807) is 48.0 Å². The maximum Gasteiger partial charge on any atom is 0.251 e. The van der Waals surface area contributed by atoms with Crippen LogP contribution in [-0.4, -0.2) is 32.3 Å². The van der Waals surface area contributed by atoms with E-state index in [1.807, 2.05) is 19.9 Å². The highest BCUT2D eigenvalue weighted by Crippen LogP contribution is 2.22. The smallest absolute Gasteiger partial charge is 0.251 e. The fraction of sp³-hybridized carbons (Fsp3) is 0.238. The molecule has 2 N–H and O–H groups in total. The number of carbonyl (C=O) groups excluding carboxylic acids is 2. The van der Waals surface area contributed by atoms with Crippen LogP contribution in [0.4, 0.5) is 5.69 Å². The van der Waals surface area contributed by atoms with Gasteiger partial charge in [-0.05, 0) is 55.8 Å². The second-order valence-electron chi connectivity index (χ2n) is 6.90. The van der Waals surface area contributed by atoms with E-state index in [0.29, 0.717) is 32.3 Å². The van der Waals surface area contributed by atoms with Crippen LogP contribution >= 0.6 is 35.0 Å². The van der Waals surface area contributed by atoms with E-state index < -0.39 is 0 Å². The Morgan fingerprint density at radius 2 is 1.77 bits per heavy atom. The standard InChI is InChI=1S/C21H21Cl2N5O2S/c1-12-4-7-16(23)10-17(12)25-18(29)11-31-21-27-26-19(28(21)3)13(2)24-20(30)14-5-8-15(22)9-6-14/h4-10,13H,11H2,1-3H3,(H,24,30)(H,25,29)/t13-/m0/s1. The van der Waals surface area contributed by atoms with Gasteiger partial charge in [0.25, 0.3) is 5.91 Å². The van der Waals surface area contributed by atoms with Gasteiger partial charge in [0.05, 0.1) is 11.8 Å². The highest BCUT2D eigenvalue weighted by atomic mass is 35.5. The fourth-order valence-corrected chi connectivity index (χ4v) is 3.84. The van der Waals surface area contributed by atoms with Crippen LogP contribution < -0.4 is 10.6 Å². The Labute approximate surface area is 194 Å². The molecule has 0 unspecified atom stereocenters. The Morgan fingerprint density at radius 1 is 1.10 bits per heavy atom. The van der Waals surface area contributed by atoms with Gasteiger partial charge in [-0.25, -0.2) is 0 Å². The molecule has 0 aliphatic rings. The predicted octanol–water partition coefficient (Wildman–Crippen LogP) is 4.65. The number of halogens is 2. The zero-order valence-corrected chi connectivity index (χ0v) is 19.5. The van der Waals surface area contributed by atoms with Crippen LogP contribution in [0.2, 0.25) is 10.0 Å². The number of hydrogen-bond donors (Lipinski definition) is 2. The maximum absolute atomic E-state index is 12.4. The number of nitrogens with zero attached hydrogens (tertiary/aromatic N) is 3. The Hall–Kier alpha value is -2.55. The maximum atomic E-state index is 12.4. The van der Waals surface area contributed by atoms with Gasteiger partial charge in [-0.1, -0.05) is 41.0 Å². The zero-order chi connectivity index (χ0) is 22.5. The van der Waals surface area contributed by atoms with Gasteiger partial charge in [0.15, 0.2) is 11.0 Å². The average Bonchev–Trinajstić information content (AvgIpc) is 3.10. The summed E-state index contributed by atoms with van der Waals surface area (Å²) in [6.45, 7) is 3.72. The molecule has 31 heavy (non-hydrogen) atoms. The van der Waals surface area contributed by atoms with E-state index in [2.05, 4.69) is 20.8 Å². The monoisotopic (exact) mass is 477 g/mol. The largest absolute Gasteiger partial charge is 0.342 e. The number of amides is 2. The Kier molecular flexibility index (Phi) is 7.59. The highest BCUT2D eigenvalue weighted by molar-refractivity contribution is 7.99. The van der Waals surface area contributed by atoms with Crippen molar-refractivity contribution in [3.63, 3.8) is 0 Å². The number of nitrogens with one attached hydrogen (secondary N) is 2. The SMILES string of the molecule is Cc1ccc(Cl)cc1NC(=O)CSc1nnc([C@H](C)NC(=O)c2ccc(Cl)cc2)n1C. The molecule has 7 nitrogen and oxygen atoms in total. The first-order valence-corrected chi connectivity index (χ1v) is 11.1. The third kappa shape index (κ3) is 6.00. The third-order valence-corrected chi connectivity index (χ3v) is 6.02. The summed E-state index contributed by atoms with van der Waals surface area (Å²) < 4.78 is 1.76. The molecule has 2 amide bonds. The third-order valence-electron chi connectivity index (χ3n) is 4.52. The summed E-state index contributed by atoms with van der Waals surface area (Å²) in [5.41, 5.74) is 2.10. The molecule has 0 aliphatic heterocycles. The lowest BCUT2D eigenvalue weighted by Crippen LogP contribution is -2.28. The van der Waals surface area contributed by atoms with Gasteiger partial charge >= 0.3 is 0 Å². The summed E-state index contributed by atoms with van der Waals surface area (Å²) in [7, 11) is 1.79. The number of aryl methyl sites for hydroxylation is 1. The number of hydrogen-bond acceptors (Lipinski definition) is 5. The quantitative estimate of drug-likeness (QED) is 0.483. The van der Waals surface area contributed by atoms with Gasteiger partial charge in [0.1, 0.15) is 0 Å².